The first-order chi connectivity index (χ1) is 7.52. The second-order valence-corrected chi connectivity index (χ2v) is 3.47. The number of hydrogen-bond acceptors (Lipinski definition) is 3. The summed E-state index contributed by atoms with van der Waals surface area (Å²) in [6.45, 7) is 1.24. The minimum atomic E-state index is -1.11. The Bertz CT molecular complexity index is 378. The Labute approximate surface area is 93.4 Å². The second kappa shape index (κ2) is 5.27. The maximum absolute atomic E-state index is 11.0. The van der Waals surface area contributed by atoms with E-state index in [2.05, 4.69) is 0 Å². The van der Waals surface area contributed by atoms with Gasteiger partial charge >= 0.3 is 5.97 Å². The zero-order chi connectivity index (χ0) is 12.1. The fourth-order valence-electron chi connectivity index (χ4n) is 1.36. The number of nitrogens with two attached hydrogens (primary N) is 1. The van der Waals surface area contributed by atoms with Crippen molar-refractivity contribution in [2.45, 2.75) is 19.4 Å². The van der Waals surface area contributed by atoms with Crippen molar-refractivity contribution < 1.29 is 14.7 Å². The molecule has 1 rings (SSSR count). The van der Waals surface area contributed by atoms with Crippen LogP contribution in [-0.4, -0.2) is 28.0 Å². The van der Waals surface area contributed by atoms with Gasteiger partial charge in [-0.05, 0) is 5.56 Å². The van der Waals surface area contributed by atoms with E-state index in [1.165, 1.54) is 6.92 Å². The molecule has 5 heteroatoms. The van der Waals surface area contributed by atoms with Crippen LogP contribution in [0, 0.1) is 0 Å². The number of carboxylic acid groups (broad SMARTS) is 1. The van der Waals surface area contributed by atoms with Gasteiger partial charge in [-0.3, -0.25) is 9.80 Å². The molecule has 0 aliphatic carbocycles. The summed E-state index contributed by atoms with van der Waals surface area (Å²) < 4.78 is 0. The quantitative estimate of drug-likeness (QED) is 0.439. The highest BCUT2D eigenvalue weighted by molar-refractivity contribution is 5.82. The first-order valence-electron chi connectivity index (χ1n) is 4.83. The number of hydrazine groups is 1. The van der Waals surface area contributed by atoms with Crippen molar-refractivity contribution in [1.82, 2.24) is 5.01 Å². The highest BCUT2D eigenvalue weighted by Crippen LogP contribution is 2.07. The SMILES string of the molecule is CC(=O)N(N)[C@@H](Cc1ccccc1)C(=O)O. The maximum atomic E-state index is 11.0. The molecule has 1 aromatic carbocycles. The Morgan fingerprint density at radius 3 is 2.38 bits per heavy atom. The highest BCUT2D eigenvalue weighted by Gasteiger charge is 2.25. The van der Waals surface area contributed by atoms with Gasteiger partial charge in [-0.25, -0.2) is 10.6 Å². The molecule has 3 N–H and O–H groups in total. The predicted octanol–water partition coefficient (Wildman–Crippen LogP) is 0.404. The second-order valence-electron chi connectivity index (χ2n) is 3.47. The fourth-order valence-corrected chi connectivity index (χ4v) is 1.36. The maximum Gasteiger partial charge on any atom is 0.328 e. The molecule has 0 heterocycles. The molecular formula is C11H14N2O3. The highest BCUT2D eigenvalue weighted by atomic mass is 16.4. The van der Waals surface area contributed by atoms with Crippen molar-refractivity contribution in [3.63, 3.8) is 0 Å². The molecule has 86 valence electrons. The molecule has 0 bridgehead atoms. The molecule has 16 heavy (non-hydrogen) atoms. The van der Waals surface area contributed by atoms with Crippen molar-refractivity contribution in [3.05, 3.63) is 35.9 Å². The summed E-state index contributed by atoms with van der Waals surface area (Å²) in [5.41, 5.74) is 0.826. The molecule has 0 aromatic heterocycles. The summed E-state index contributed by atoms with van der Waals surface area (Å²) in [6, 6.07) is 8.02. The summed E-state index contributed by atoms with van der Waals surface area (Å²) in [5.74, 6) is 3.83. The van der Waals surface area contributed by atoms with Gasteiger partial charge in [0, 0.05) is 13.3 Å². The summed E-state index contributed by atoms with van der Waals surface area (Å²) in [4.78, 5) is 22.0. The molecule has 1 atom stereocenters. The number of aliphatic carboxylic acids is 1. The zero-order valence-corrected chi connectivity index (χ0v) is 8.96. The third-order valence-corrected chi connectivity index (χ3v) is 2.26. The lowest BCUT2D eigenvalue weighted by Crippen LogP contribution is -2.49. The van der Waals surface area contributed by atoms with Crippen LogP contribution in [0.3, 0.4) is 0 Å². The van der Waals surface area contributed by atoms with Gasteiger partial charge in [0.05, 0.1) is 0 Å². The largest absolute Gasteiger partial charge is 0.480 e. The molecule has 5 nitrogen and oxygen atoms in total. The molecule has 0 aliphatic heterocycles. The minimum absolute atomic E-state index is 0.201. The molecule has 0 saturated heterocycles. The number of hydrogen-bond donors (Lipinski definition) is 2. The van der Waals surface area contributed by atoms with Crippen molar-refractivity contribution in [1.29, 1.82) is 0 Å². The Kier molecular flexibility index (Phi) is 4.02. The van der Waals surface area contributed by atoms with E-state index < -0.39 is 17.9 Å². The monoisotopic (exact) mass is 222 g/mol. The van der Waals surface area contributed by atoms with E-state index >= 15 is 0 Å². The topological polar surface area (TPSA) is 83.6 Å². The van der Waals surface area contributed by atoms with Gasteiger partial charge in [-0.15, -0.1) is 0 Å². The van der Waals surface area contributed by atoms with Gasteiger partial charge in [0.15, 0.2) is 0 Å². The number of rotatable bonds is 4. The van der Waals surface area contributed by atoms with E-state index in [-0.39, 0.29) is 6.42 Å². The molecule has 1 aromatic rings. The van der Waals surface area contributed by atoms with E-state index in [0.717, 1.165) is 10.6 Å². The average Bonchev–Trinajstić information content (AvgIpc) is 2.26. The van der Waals surface area contributed by atoms with E-state index in [9.17, 15) is 9.59 Å². The van der Waals surface area contributed by atoms with E-state index in [4.69, 9.17) is 10.9 Å². The van der Waals surface area contributed by atoms with E-state index in [0.29, 0.717) is 0 Å². The average molecular weight is 222 g/mol. The number of benzene rings is 1. The molecule has 0 aliphatic rings. The lowest BCUT2D eigenvalue weighted by Gasteiger charge is -2.22. The van der Waals surface area contributed by atoms with Gasteiger partial charge in [0.25, 0.3) is 0 Å². The van der Waals surface area contributed by atoms with Crippen LogP contribution in [-0.2, 0) is 16.0 Å². The lowest BCUT2D eigenvalue weighted by atomic mass is 10.1. The van der Waals surface area contributed by atoms with Crippen molar-refractivity contribution >= 4 is 11.9 Å². The number of nitrogens with zero attached hydrogens (tertiary/aromatic N) is 1. The minimum Gasteiger partial charge on any atom is -0.480 e. The van der Waals surface area contributed by atoms with Crippen molar-refractivity contribution in [3.8, 4) is 0 Å². The Morgan fingerprint density at radius 2 is 1.94 bits per heavy atom. The van der Waals surface area contributed by atoms with Crippen LogP contribution in [0.2, 0.25) is 0 Å². The van der Waals surface area contributed by atoms with Gasteiger partial charge < -0.3 is 5.11 Å². The third-order valence-electron chi connectivity index (χ3n) is 2.26. The predicted molar refractivity (Wildman–Crippen MR) is 58.3 cm³/mol. The lowest BCUT2D eigenvalue weighted by molar-refractivity contribution is -0.149. The van der Waals surface area contributed by atoms with Gasteiger partial charge in [-0.1, -0.05) is 30.3 Å². The first-order valence-corrected chi connectivity index (χ1v) is 4.83. The Balaban J connectivity index is 2.81. The Hall–Kier alpha value is -1.88. The number of carboxylic acids is 1. The smallest absolute Gasteiger partial charge is 0.328 e. The molecule has 0 fully saturated rings. The molecule has 0 unspecified atom stereocenters. The van der Waals surface area contributed by atoms with Crippen LogP contribution in [0.4, 0.5) is 0 Å². The summed E-state index contributed by atoms with van der Waals surface area (Å²) in [7, 11) is 0. The first kappa shape index (κ1) is 12.2. The number of amides is 1. The summed E-state index contributed by atoms with van der Waals surface area (Å²) >= 11 is 0. The molecule has 1 amide bonds. The van der Waals surface area contributed by atoms with Crippen molar-refractivity contribution in [2.24, 2.45) is 5.84 Å². The van der Waals surface area contributed by atoms with Crippen LogP contribution in [0.25, 0.3) is 0 Å². The van der Waals surface area contributed by atoms with Gasteiger partial charge in [-0.2, -0.15) is 0 Å². The fraction of sp³-hybridized carbons (Fsp3) is 0.273. The number of carbonyl (C=O) groups is 2. The van der Waals surface area contributed by atoms with E-state index in [1.807, 2.05) is 18.2 Å². The molecule has 0 saturated carbocycles. The molecule has 0 radical (unpaired) electrons. The van der Waals surface area contributed by atoms with Crippen LogP contribution < -0.4 is 5.84 Å². The van der Waals surface area contributed by atoms with Gasteiger partial charge in [0.1, 0.15) is 6.04 Å². The Morgan fingerprint density at radius 1 is 1.38 bits per heavy atom. The third kappa shape index (κ3) is 3.06. The normalized spacial score (nSPS) is 11.9. The van der Waals surface area contributed by atoms with Crippen molar-refractivity contribution in [2.75, 3.05) is 0 Å². The van der Waals surface area contributed by atoms with Crippen LogP contribution in [0.1, 0.15) is 12.5 Å². The van der Waals surface area contributed by atoms with E-state index in [1.54, 1.807) is 12.1 Å². The molecular weight excluding hydrogens is 208 g/mol. The zero-order valence-electron chi connectivity index (χ0n) is 8.96. The summed E-state index contributed by atoms with van der Waals surface area (Å²) in [6.07, 6.45) is 0.201. The van der Waals surface area contributed by atoms with Crippen LogP contribution in [0.15, 0.2) is 30.3 Å². The van der Waals surface area contributed by atoms with Gasteiger partial charge in [0.2, 0.25) is 5.91 Å². The number of carbonyl (C=O) groups excluding carboxylic acids is 1. The van der Waals surface area contributed by atoms with Crippen LogP contribution in [0.5, 0.6) is 0 Å². The standard InChI is InChI=1S/C11H14N2O3/c1-8(14)13(12)10(11(15)16)7-9-5-3-2-4-6-9/h2-6,10H,7,12H2,1H3,(H,15,16)/t10-/m0/s1. The van der Waals surface area contributed by atoms with Crippen LogP contribution >= 0.6 is 0 Å². The summed E-state index contributed by atoms with van der Waals surface area (Å²) in [5, 5.41) is 9.73. The molecule has 0 spiro atoms.